The van der Waals surface area contributed by atoms with Gasteiger partial charge in [-0.05, 0) is 35.7 Å². The zero-order chi connectivity index (χ0) is 18.7. The summed E-state index contributed by atoms with van der Waals surface area (Å²) in [5, 5.41) is 3.15. The largest absolute Gasteiger partial charge is 0.497 e. The minimum absolute atomic E-state index is 0. The average molecular weight is 479 g/mol. The molecule has 0 unspecified atom stereocenters. The van der Waals surface area contributed by atoms with Gasteiger partial charge in [0.1, 0.15) is 18.1 Å². The Kier molecular flexibility index (Phi) is 7.06. The van der Waals surface area contributed by atoms with Gasteiger partial charge in [-0.3, -0.25) is 0 Å². The topological polar surface area (TPSA) is 77.5 Å². The number of halogens is 1. The molecule has 0 radical (unpaired) electrons. The SMILES string of the molecule is COc1ccc2c(c1)nc(CN=C(N)Nc1cccc(C(C)C)c1)n2C.I. The smallest absolute Gasteiger partial charge is 0.193 e. The first kappa shape index (κ1) is 21.0. The molecule has 2 aromatic carbocycles. The molecule has 0 saturated carbocycles. The van der Waals surface area contributed by atoms with E-state index in [0.29, 0.717) is 18.4 Å². The molecule has 144 valence electrons. The van der Waals surface area contributed by atoms with Crippen LogP contribution in [0.15, 0.2) is 47.5 Å². The van der Waals surface area contributed by atoms with Gasteiger partial charge in [0.25, 0.3) is 0 Å². The summed E-state index contributed by atoms with van der Waals surface area (Å²) < 4.78 is 7.27. The van der Waals surface area contributed by atoms with Crippen LogP contribution < -0.4 is 15.8 Å². The van der Waals surface area contributed by atoms with Crippen molar-refractivity contribution in [3.05, 3.63) is 53.9 Å². The van der Waals surface area contributed by atoms with Crippen LogP contribution in [0.3, 0.4) is 0 Å². The van der Waals surface area contributed by atoms with E-state index in [-0.39, 0.29) is 24.0 Å². The van der Waals surface area contributed by atoms with Crippen LogP contribution in [0.2, 0.25) is 0 Å². The summed E-state index contributed by atoms with van der Waals surface area (Å²) in [6, 6.07) is 14.0. The zero-order valence-electron chi connectivity index (χ0n) is 16.1. The van der Waals surface area contributed by atoms with Crippen LogP contribution in [-0.4, -0.2) is 22.6 Å². The number of methoxy groups -OCH3 is 1. The first-order chi connectivity index (χ1) is 12.5. The number of imidazole rings is 1. The number of nitrogens with two attached hydrogens (primary N) is 1. The third kappa shape index (κ3) is 4.91. The highest BCUT2D eigenvalue weighted by atomic mass is 127. The van der Waals surface area contributed by atoms with Crippen LogP contribution in [0, 0.1) is 0 Å². The van der Waals surface area contributed by atoms with E-state index in [1.807, 2.05) is 41.9 Å². The third-order valence-electron chi connectivity index (χ3n) is 4.40. The summed E-state index contributed by atoms with van der Waals surface area (Å²) in [6.07, 6.45) is 0. The van der Waals surface area contributed by atoms with Crippen molar-refractivity contribution in [3.63, 3.8) is 0 Å². The van der Waals surface area contributed by atoms with Crippen molar-refractivity contribution in [2.45, 2.75) is 26.3 Å². The van der Waals surface area contributed by atoms with Crippen molar-refractivity contribution in [3.8, 4) is 5.75 Å². The number of nitrogens with one attached hydrogen (secondary N) is 1. The number of guanidine groups is 1. The van der Waals surface area contributed by atoms with E-state index in [4.69, 9.17) is 10.5 Å². The normalized spacial score (nSPS) is 11.5. The number of rotatable bonds is 5. The molecule has 0 saturated heterocycles. The summed E-state index contributed by atoms with van der Waals surface area (Å²) in [6.45, 7) is 4.73. The average Bonchev–Trinajstić information content (AvgIpc) is 2.95. The van der Waals surface area contributed by atoms with Crippen LogP contribution in [0.1, 0.15) is 31.2 Å². The molecule has 0 aliphatic carbocycles. The number of aromatic nitrogens is 2. The van der Waals surface area contributed by atoms with Crippen LogP contribution in [-0.2, 0) is 13.6 Å². The molecule has 27 heavy (non-hydrogen) atoms. The standard InChI is InChI=1S/C20H25N5O.HI/c1-13(2)14-6-5-7-15(10-14)23-20(21)22-12-19-24-17-11-16(26-4)8-9-18(17)25(19)3;/h5-11,13H,12H2,1-4H3,(H3,21,22,23);1H. The van der Waals surface area contributed by atoms with E-state index in [2.05, 4.69) is 41.3 Å². The van der Waals surface area contributed by atoms with E-state index >= 15 is 0 Å². The monoisotopic (exact) mass is 479 g/mol. The Bertz CT molecular complexity index is 949. The van der Waals surface area contributed by atoms with Gasteiger partial charge in [-0.25, -0.2) is 9.98 Å². The second kappa shape index (κ2) is 9.07. The van der Waals surface area contributed by atoms with Crippen molar-refractivity contribution in [2.75, 3.05) is 12.4 Å². The highest BCUT2D eigenvalue weighted by molar-refractivity contribution is 14.0. The quantitative estimate of drug-likeness (QED) is 0.326. The molecule has 0 bridgehead atoms. The first-order valence-electron chi connectivity index (χ1n) is 8.64. The summed E-state index contributed by atoms with van der Waals surface area (Å²) in [7, 11) is 3.62. The molecule has 0 aliphatic rings. The van der Waals surface area contributed by atoms with E-state index in [0.717, 1.165) is 28.3 Å². The maximum absolute atomic E-state index is 6.05. The number of aryl methyl sites for hydroxylation is 1. The number of aliphatic imine (C=N–C) groups is 1. The van der Waals surface area contributed by atoms with Gasteiger partial charge < -0.3 is 20.4 Å². The van der Waals surface area contributed by atoms with Crippen molar-refractivity contribution in [2.24, 2.45) is 17.8 Å². The molecule has 3 N–H and O–H groups in total. The zero-order valence-corrected chi connectivity index (χ0v) is 18.4. The molecule has 3 rings (SSSR count). The van der Waals surface area contributed by atoms with Crippen LogP contribution >= 0.6 is 24.0 Å². The lowest BCUT2D eigenvalue weighted by Crippen LogP contribution is -2.23. The lowest BCUT2D eigenvalue weighted by molar-refractivity contribution is 0.415. The Hall–Kier alpha value is -2.29. The molecule has 0 amide bonds. The Balaban J connectivity index is 0.00000261. The summed E-state index contributed by atoms with van der Waals surface area (Å²) in [5.41, 5.74) is 10.2. The van der Waals surface area contributed by atoms with Crippen LogP contribution in [0.4, 0.5) is 5.69 Å². The highest BCUT2D eigenvalue weighted by Gasteiger charge is 2.08. The maximum atomic E-state index is 6.05. The predicted molar refractivity (Wildman–Crippen MR) is 122 cm³/mol. The number of nitrogens with zero attached hydrogens (tertiary/aromatic N) is 3. The summed E-state index contributed by atoms with van der Waals surface area (Å²) in [4.78, 5) is 9.06. The highest BCUT2D eigenvalue weighted by Crippen LogP contribution is 2.21. The number of ether oxygens (including phenoxy) is 1. The molecule has 0 fully saturated rings. The minimum atomic E-state index is 0. The molecule has 6 nitrogen and oxygen atoms in total. The fourth-order valence-electron chi connectivity index (χ4n) is 2.82. The lowest BCUT2D eigenvalue weighted by Gasteiger charge is -2.10. The second-order valence-corrected chi connectivity index (χ2v) is 6.55. The molecule has 7 heteroatoms. The van der Waals surface area contributed by atoms with E-state index < -0.39 is 0 Å². The van der Waals surface area contributed by atoms with E-state index in [1.54, 1.807) is 7.11 Å². The van der Waals surface area contributed by atoms with Crippen molar-refractivity contribution < 1.29 is 4.74 Å². The molecule has 0 atom stereocenters. The van der Waals surface area contributed by atoms with E-state index in [1.165, 1.54) is 5.56 Å². The fraction of sp³-hybridized carbons (Fsp3) is 0.300. The molecule has 1 aromatic heterocycles. The van der Waals surface area contributed by atoms with Gasteiger partial charge in [-0.15, -0.1) is 24.0 Å². The molecule has 0 aliphatic heterocycles. The Morgan fingerprint density at radius 3 is 2.74 bits per heavy atom. The van der Waals surface area contributed by atoms with Gasteiger partial charge in [-0.2, -0.15) is 0 Å². The first-order valence-corrected chi connectivity index (χ1v) is 8.64. The molecular weight excluding hydrogens is 453 g/mol. The van der Waals surface area contributed by atoms with Gasteiger partial charge in [0.15, 0.2) is 5.96 Å². The Morgan fingerprint density at radius 1 is 1.26 bits per heavy atom. The van der Waals surface area contributed by atoms with Crippen LogP contribution in [0.25, 0.3) is 11.0 Å². The number of hydrogen-bond acceptors (Lipinski definition) is 3. The second-order valence-electron chi connectivity index (χ2n) is 6.55. The van der Waals surface area contributed by atoms with Gasteiger partial charge in [-0.1, -0.05) is 26.0 Å². The third-order valence-corrected chi connectivity index (χ3v) is 4.40. The molecule has 1 heterocycles. The fourth-order valence-corrected chi connectivity index (χ4v) is 2.82. The molecule has 0 spiro atoms. The summed E-state index contributed by atoms with van der Waals surface area (Å²) >= 11 is 0. The maximum Gasteiger partial charge on any atom is 0.193 e. The van der Waals surface area contributed by atoms with Crippen molar-refractivity contribution >= 4 is 46.7 Å². The van der Waals surface area contributed by atoms with Gasteiger partial charge >= 0.3 is 0 Å². The Labute approximate surface area is 176 Å². The lowest BCUT2D eigenvalue weighted by atomic mass is 10.0. The van der Waals surface area contributed by atoms with Crippen molar-refractivity contribution in [1.82, 2.24) is 9.55 Å². The van der Waals surface area contributed by atoms with Crippen LogP contribution in [0.5, 0.6) is 5.75 Å². The van der Waals surface area contributed by atoms with Gasteiger partial charge in [0.2, 0.25) is 0 Å². The molecular formula is C20H26IN5O. The van der Waals surface area contributed by atoms with Crippen molar-refractivity contribution in [1.29, 1.82) is 0 Å². The van der Waals surface area contributed by atoms with E-state index in [9.17, 15) is 0 Å². The predicted octanol–water partition coefficient (Wildman–Crippen LogP) is 4.25. The summed E-state index contributed by atoms with van der Waals surface area (Å²) in [5.74, 6) is 2.47. The number of benzene rings is 2. The number of anilines is 1. The number of hydrogen-bond donors (Lipinski definition) is 2. The minimum Gasteiger partial charge on any atom is -0.497 e. The van der Waals surface area contributed by atoms with Gasteiger partial charge in [0, 0.05) is 18.8 Å². The Morgan fingerprint density at radius 2 is 2.04 bits per heavy atom. The number of fused-ring (bicyclic) bond motifs is 1. The van der Waals surface area contributed by atoms with Gasteiger partial charge in [0.05, 0.1) is 18.1 Å². The molecule has 3 aromatic rings.